The number of benzene rings is 2. The van der Waals surface area contributed by atoms with Gasteiger partial charge in [0.2, 0.25) is 27.8 Å². The van der Waals surface area contributed by atoms with Gasteiger partial charge in [-0.25, -0.2) is 22.8 Å². The number of hydrogen-bond acceptors (Lipinski definition) is 13. The highest BCUT2D eigenvalue weighted by molar-refractivity contribution is 7.92. The predicted molar refractivity (Wildman–Crippen MR) is 204 cm³/mol. The molecule has 4 N–H and O–H groups in total. The Morgan fingerprint density at radius 1 is 0.983 bits per heavy atom. The molecule has 21 heteroatoms. The highest BCUT2D eigenvalue weighted by atomic mass is 32.2. The number of aromatic nitrogens is 4. The summed E-state index contributed by atoms with van der Waals surface area (Å²) in [6, 6.07) is 9.39. The smallest absolute Gasteiger partial charge is 0.371 e. The molecule has 0 bridgehead atoms. The number of imide groups is 1. The van der Waals surface area contributed by atoms with E-state index in [4.69, 9.17) is 0 Å². The summed E-state index contributed by atoms with van der Waals surface area (Å²) in [4.78, 5) is 56.7. The van der Waals surface area contributed by atoms with Crippen molar-refractivity contribution in [3.05, 3.63) is 88.8 Å². The minimum absolute atomic E-state index is 0.0490. The Kier molecular flexibility index (Phi) is 11.2. The normalized spacial score (nSPS) is 17.6. The third-order valence-corrected chi connectivity index (χ3v) is 11.5. The monoisotopic (exact) mass is 825 g/mol. The van der Waals surface area contributed by atoms with Gasteiger partial charge in [-0.1, -0.05) is 6.07 Å². The van der Waals surface area contributed by atoms with Crippen molar-refractivity contribution in [3.8, 4) is 0 Å². The summed E-state index contributed by atoms with van der Waals surface area (Å²) in [7, 11) is -2.50. The van der Waals surface area contributed by atoms with Gasteiger partial charge in [0.15, 0.2) is 5.82 Å². The first-order valence-corrected chi connectivity index (χ1v) is 20.1. The molecule has 2 aromatic carbocycles. The number of rotatable bonds is 12. The van der Waals surface area contributed by atoms with Gasteiger partial charge in [0.1, 0.15) is 28.9 Å². The lowest BCUT2D eigenvalue weighted by Crippen LogP contribution is -2.52. The van der Waals surface area contributed by atoms with E-state index in [-0.39, 0.29) is 60.5 Å². The van der Waals surface area contributed by atoms with Crippen molar-refractivity contribution in [2.24, 2.45) is 0 Å². The molecule has 58 heavy (non-hydrogen) atoms. The molecule has 7 rings (SSSR count). The van der Waals surface area contributed by atoms with Gasteiger partial charge in [0.25, 0.3) is 5.91 Å². The number of nitrogens with zero attached hydrogens (tertiary/aromatic N) is 7. The Hall–Kier alpha value is -5.96. The van der Waals surface area contributed by atoms with Crippen molar-refractivity contribution >= 4 is 56.7 Å². The van der Waals surface area contributed by atoms with Crippen LogP contribution in [0, 0.1) is 5.82 Å². The Bertz CT molecular complexity index is 2360. The zero-order valence-electron chi connectivity index (χ0n) is 31.3. The van der Waals surface area contributed by atoms with Crippen molar-refractivity contribution in [1.29, 1.82) is 0 Å². The zero-order chi connectivity index (χ0) is 41.4. The molecule has 3 aliphatic heterocycles. The lowest BCUT2D eigenvalue weighted by atomic mass is 10.0. The Morgan fingerprint density at radius 3 is 2.45 bits per heavy atom. The van der Waals surface area contributed by atoms with Crippen molar-refractivity contribution < 1.29 is 40.4 Å². The van der Waals surface area contributed by atoms with Crippen LogP contribution in [0.2, 0.25) is 0 Å². The zero-order valence-corrected chi connectivity index (χ0v) is 32.1. The van der Waals surface area contributed by atoms with E-state index in [1.165, 1.54) is 30.4 Å². The first kappa shape index (κ1) is 40.2. The molecule has 2 fully saturated rings. The average molecular weight is 826 g/mol. The summed E-state index contributed by atoms with van der Waals surface area (Å²) in [5, 5.41) is 11.0. The van der Waals surface area contributed by atoms with Crippen molar-refractivity contribution in [1.82, 2.24) is 35.5 Å². The van der Waals surface area contributed by atoms with Crippen LogP contribution in [0.3, 0.4) is 0 Å². The third kappa shape index (κ3) is 8.79. The molecule has 2 saturated heterocycles. The number of amides is 3. The number of sulfonamides is 1. The van der Waals surface area contributed by atoms with Crippen LogP contribution < -0.4 is 30.5 Å². The maximum absolute atomic E-state index is 15.3. The van der Waals surface area contributed by atoms with Crippen molar-refractivity contribution in [2.45, 2.75) is 63.6 Å². The maximum atomic E-state index is 15.3. The van der Waals surface area contributed by atoms with Gasteiger partial charge in [-0.15, -0.1) is 0 Å². The molecule has 0 aliphatic carbocycles. The van der Waals surface area contributed by atoms with E-state index in [0.717, 1.165) is 34.7 Å². The fraction of sp³-hybridized carbons (Fsp3) is 0.378. The number of fused-ring (bicyclic) bond motifs is 1. The summed E-state index contributed by atoms with van der Waals surface area (Å²) < 4.78 is 82.0. The van der Waals surface area contributed by atoms with Crippen LogP contribution in [0.4, 0.5) is 46.5 Å². The average Bonchev–Trinajstić information content (AvgIpc) is 3.50. The lowest BCUT2D eigenvalue weighted by molar-refractivity contribution is -0.138. The molecule has 5 heterocycles. The molecule has 3 aliphatic rings. The quantitative estimate of drug-likeness (QED) is 0.120. The molecular formula is C37H39F4N11O5S. The van der Waals surface area contributed by atoms with Crippen LogP contribution in [-0.4, -0.2) is 89.5 Å². The molecule has 16 nitrogen and oxygen atoms in total. The summed E-state index contributed by atoms with van der Waals surface area (Å²) in [6.45, 7) is 1.60. The molecule has 0 radical (unpaired) electrons. The maximum Gasteiger partial charge on any atom is 0.421 e. The molecule has 0 saturated carbocycles. The van der Waals surface area contributed by atoms with Crippen molar-refractivity contribution in [3.63, 3.8) is 0 Å². The van der Waals surface area contributed by atoms with E-state index in [1.54, 1.807) is 18.2 Å². The van der Waals surface area contributed by atoms with E-state index in [9.17, 15) is 36.0 Å². The van der Waals surface area contributed by atoms with Gasteiger partial charge in [0.05, 0.1) is 12.8 Å². The summed E-state index contributed by atoms with van der Waals surface area (Å²) in [6.07, 6.45) is 1.26. The van der Waals surface area contributed by atoms with E-state index in [0.29, 0.717) is 43.4 Å². The molecule has 4 aromatic rings. The fourth-order valence-electron chi connectivity index (χ4n) is 7.11. The minimum Gasteiger partial charge on any atom is -0.371 e. The fourth-order valence-corrected chi connectivity index (χ4v) is 7.57. The molecular weight excluding hydrogens is 787 g/mol. The second-order valence-corrected chi connectivity index (χ2v) is 16.2. The number of anilines is 5. The summed E-state index contributed by atoms with van der Waals surface area (Å²) in [5.41, 5.74) is 1.79. The van der Waals surface area contributed by atoms with Gasteiger partial charge < -0.3 is 25.8 Å². The molecule has 2 aromatic heterocycles. The molecule has 1 atom stereocenters. The Balaban J connectivity index is 0.935. The van der Waals surface area contributed by atoms with Crippen LogP contribution in [0.1, 0.15) is 58.4 Å². The standard InChI is InChI=1S/C37H39F4N11O5S/c1-50(58(2,56)57)33-29(42-11-12-43-33)19-45-32-27(37(39,40)41)18-46-36(49-32)47-24-4-3-21(28(38)16-24)17-44-23-9-13-51(14-10-23)25-5-6-26-22(15-25)20-52(35(26)55)30-7-8-31(53)48-34(30)54/h3-6,11-12,15-16,18,23,30,44H,7-10,13-14,17,19-20H2,1-2H3,(H,48,53,54)(H2,45,46,47,49). The molecule has 306 valence electrons. The Morgan fingerprint density at radius 2 is 1.74 bits per heavy atom. The van der Waals surface area contributed by atoms with Gasteiger partial charge in [0, 0.05) is 86.8 Å². The summed E-state index contributed by atoms with van der Waals surface area (Å²) >= 11 is 0. The van der Waals surface area contributed by atoms with Gasteiger partial charge in [-0.05, 0) is 55.2 Å². The number of carbonyl (C=O) groups excluding carboxylic acids is 3. The second-order valence-electron chi connectivity index (χ2n) is 14.2. The number of alkyl halides is 3. The lowest BCUT2D eigenvalue weighted by Gasteiger charge is -2.34. The largest absolute Gasteiger partial charge is 0.421 e. The number of piperidine rings is 2. The van der Waals surface area contributed by atoms with Crippen LogP contribution in [0.5, 0.6) is 0 Å². The SMILES string of the molecule is CN(c1nccnc1CNc1nc(Nc2ccc(CNC3CCN(c4ccc5c(c4)CN(C4CCC(=O)NC4=O)C5=O)CC3)c(F)c2)ncc1C(F)(F)F)S(C)(=O)=O. The number of hydrogen-bond donors (Lipinski definition) is 4. The number of carbonyl (C=O) groups is 3. The van der Waals surface area contributed by atoms with E-state index in [2.05, 4.69) is 46.1 Å². The second kappa shape index (κ2) is 16.1. The van der Waals surface area contributed by atoms with Crippen molar-refractivity contribution in [2.75, 3.05) is 46.2 Å². The van der Waals surface area contributed by atoms with E-state index < -0.39 is 45.3 Å². The Labute approximate surface area is 330 Å². The molecule has 1 unspecified atom stereocenters. The van der Waals surface area contributed by atoms with E-state index in [1.807, 2.05) is 12.1 Å². The van der Waals surface area contributed by atoms with Crippen LogP contribution in [0.15, 0.2) is 55.0 Å². The summed E-state index contributed by atoms with van der Waals surface area (Å²) in [5.74, 6) is -2.50. The highest BCUT2D eigenvalue weighted by Gasteiger charge is 2.39. The number of halogens is 4. The van der Waals surface area contributed by atoms with Gasteiger partial charge in [-0.3, -0.25) is 29.0 Å². The number of nitrogens with one attached hydrogen (secondary N) is 4. The molecule has 0 spiro atoms. The van der Waals surface area contributed by atoms with E-state index >= 15 is 4.39 Å². The van der Waals surface area contributed by atoms with Crippen LogP contribution in [-0.2, 0) is 45.4 Å². The highest BCUT2D eigenvalue weighted by Crippen LogP contribution is 2.35. The minimum atomic E-state index is -4.83. The van der Waals surface area contributed by atoms with Gasteiger partial charge in [-0.2, -0.15) is 18.2 Å². The third-order valence-electron chi connectivity index (χ3n) is 10.3. The topological polar surface area (TPSA) is 195 Å². The first-order valence-electron chi connectivity index (χ1n) is 18.3. The van der Waals surface area contributed by atoms with Crippen LogP contribution >= 0.6 is 0 Å². The van der Waals surface area contributed by atoms with Gasteiger partial charge >= 0.3 is 6.18 Å². The predicted octanol–water partition coefficient (Wildman–Crippen LogP) is 3.70. The van der Waals surface area contributed by atoms with Crippen LogP contribution in [0.25, 0.3) is 0 Å². The molecule has 3 amide bonds. The first-order chi connectivity index (χ1) is 27.5.